The number of nitrogens with two attached hydrogens (primary N) is 1. The molecule has 2 N–H and O–H groups in total. The minimum Gasteiger partial charge on any atom is -0.383 e. The predicted molar refractivity (Wildman–Crippen MR) is 67.8 cm³/mol. The van der Waals surface area contributed by atoms with E-state index in [2.05, 4.69) is 31.0 Å². The van der Waals surface area contributed by atoms with Crippen molar-refractivity contribution in [2.45, 2.75) is 39.7 Å². The average Bonchev–Trinajstić information content (AvgIpc) is 2.69. The molecule has 0 amide bonds. The molecule has 1 heterocycles. The summed E-state index contributed by atoms with van der Waals surface area (Å²) in [4.78, 5) is 0. The molecule has 1 aromatic heterocycles. The van der Waals surface area contributed by atoms with E-state index >= 15 is 0 Å². The van der Waals surface area contributed by atoms with Crippen molar-refractivity contribution in [3.63, 3.8) is 0 Å². The van der Waals surface area contributed by atoms with E-state index in [1.54, 1.807) is 13.4 Å². The smallest absolute Gasteiger partial charge is 0.137 e. The number of aromatic nitrogens is 3. The molecule has 0 spiro atoms. The first-order valence-corrected chi connectivity index (χ1v) is 6.04. The summed E-state index contributed by atoms with van der Waals surface area (Å²) in [5.74, 6) is 1.23. The van der Waals surface area contributed by atoms with Crippen molar-refractivity contribution < 1.29 is 4.74 Å². The van der Waals surface area contributed by atoms with Crippen molar-refractivity contribution in [1.82, 2.24) is 14.8 Å². The van der Waals surface area contributed by atoms with Gasteiger partial charge in [0.1, 0.15) is 12.2 Å². The zero-order chi connectivity index (χ0) is 12.9. The maximum absolute atomic E-state index is 5.86. The first-order valence-electron chi connectivity index (χ1n) is 6.04. The summed E-state index contributed by atoms with van der Waals surface area (Å²) in [6.45, 7) is 8.68. The van der Waals surface area contributed by atoms with Gasteiger partial charge in [-0.1, -0.05) is 20.8 Å². The first-order chi connectivity index (χ1) is 7.98. The molecule has 5 nitrogen and oxygen atoms in total. The van der Waals surface area contributed by atoms with Crippen LogP contribution in [0.15, 0.2) is 6.33 Å². The maximum Gasteiger partial charge on any atom is 0.137 e. The fourth-order valence-corrected chi connectivity index (χ4v) is 1.96. The summed E-state index contributed by atoms with van der Waals surface area (Å²) in [6.07, 6.45) is 2.76. The molecule has 0 saturated heterocycles. The minimum absolute atomic E-state index is 0.238. The molecule has 0 bridgehead atoms. The Balaban J connectivity index is 2.77. The zero-order valence-electron chi connectivity index (χ0n) is 11.3. The van der Waals surface area contributed by atoms with Gasteiger partial charge in [-0.3, -0.25) is 0 Å². The van der Waals surface area contributed by atoms with E-state index < -0.39 is 0 Å². The molecule has 0 aliphatic heterocycles. The SMILES string of the molecule is COCCn1cnnc1C(CN)CC(C)(C)C. The van der Waals surface area contributed by atoms with Gasteiger partial charge in [-0.05, 0) is 11.8 Å². The highest BCUT2D eigenvalue weighted by molar-refractivity contribution is 4.98. The van der Waals surface area contributed by atoms with Gasteiger partial charge in [0.05, 0.1) is 6.61 Å². The fraction of sp³-hybridized carbons (Fsp3) is 0.833. The Kier molecular flexibility index (Phi) is 5.08. The summed E-state index contributed by atoms with van der Waals surface area (Å²) < 4.78 is 7.11. The molecule has 98 valence electrons. The highest BCUT2D eigenvalue weighted by atomic mass is 16.5. The Morgan fingerprint density at radius 2 is 2.18 bits per heavy atom. The molecule has 1 atom stereocenters. The molecule has 5 heteroatoms. The van der Waals surface area contributed by atoms with E-state index in [0.717, 1.165) is 18.8 Å². The van der Waals surface area contributed by atoms with Crippen molar-refractivity contribution >= 4 is 0 Å². The molecule has 0 aliphatic carbocycles. The van der Waals surface area contributed by atoms with Gasteiger partial charge in [-0.25, -0.2) is 0 Å². The van der Waals surface area contributed by atoms with Gasteiger partial charge in [0, 0.05) is 26.1 Å². The van der Waals surface area contributed by atoms with Crippen LogP contribution in [0.3, 0.4) is 0 Å². The molecule has 1 aromatic rings. The average molecular weight is 240 g/mol. The van der Waals surface area contributed by atoms with Crippen LogP contribution in [0.1, 0.15) is 38.9 Å². The van der Waals surface area contributed by atoms with Crippen LogP contribution < -0.4 is 5.73 Å². The van der Waals surface area contributed by atoms with Gasteiger partial charge in [-0.15, -0.1) is 10.2 Å². The molecular formula is C12H24N4O. The summed E-state index contributed by atoms with van der Waals surface area (Å²) in [5, 5.41) is 8.18. The number of methoxy groups -OCH3 is 1. The molecule has 0 aliphatic rings. The molecule has 1 unspecified atom stereocenters. The largest absolute Gasteiger partial charge is 0.383 e. The van der Waals surface area contributed by atoms with E-state index in [1.807, 2.05) is 4.57 Å². The summed E-state index contributed by atoms with van der Waals surface area (Å²) in [6, 6.07) is 0. The lowest BCUT2D eigenvalue weighted by atomic mass is 9.84. The quantitative estimate of drug-likeness (QED) is 0.816. The van der Waals surface area contributed by atoms with Crippen LogP contribution >= 0.6 is 0 Å². The van der Waals surface area contributed by atoms with Gasteiger partial charge in [0.25, 0.3) is 0 Å². The predicted octanol–water partition coefficient (Wildman–Crippen LogP) is 1.40. The van der Waals surface area contributed by atoms with E-state index in [9.17, 15) is 0 Å². The number of rotatable bonds is 6. The maximum atomic E-state index is 5.86. The lowest BCUT2D eigenvalue weighted by Gasteiger charge is -2.24. The molecular weight excluding hydrogens is 216 g/mol. The molecule has 0 radical (unpaired) electrons. The van der Waals surface area contributed by atoms with Crippen LogP contribution in [0, 0.1) is 5.41 Å². The third-order valence-electron chi connectivity index (χ3n) is 2.69. The van der Waals surface area contributed by atoms with E-state index in [1.165, 1.54) is 0 Å². The van der Waals surface area contributed by atoms with Gasteiger partial charge in [0.2, 0.25) is 0 Å². The second-order valence-electron chi connectivity index (χ2n) is 5.57. The Labute approximate surface area is 103 Å². The van der Waals surface area contributed by atoms with E-state index in [0.29, 0.717) is 13.2 Å². The molecule has 1 rings (SSSR count). The number of nitrogens with zero attached hydrogens (tertiary/aromatic N) is 3. The second kappa shape index (κ2) is 6.12. The highest BCUT2D eigenvalue weighted by Crippen LogP contribution is 2.29. The topological polar surface area (TPSA) is 66.0 Å². The van der Waals surface area contributed by atoms with E-state index in [-0.39, 0.29) is 11.3 Å². The number of ether oxygens (including phenoxy) is 1. The van der Waals surface area contributed by atoms with Gasteiger partial charge in [0.15, 0.2) is 0 Å². The lowest BCUT2D eigenvalue weighted by molar-refractivity contribution is 0.185. The summed E-state index contributed by atoms with van der Waals surface area (Å²) in [5.41, 5.74) is 6.09. The van der Waals surface area contributed by atoms with Crippen LogP contribution in [0.4, 0.5) is 0 Å². The van der Waals surface area contributed by atoms with Gasteiger partial charge in [-0.2, -0.15) is 0 Å². The third kappa shape index (κ3) is 4.44. The van der Waals surface area contributed by atoms with Crippen LogP contribution in [0.5, 0.6) is 0 Å². The van der Waals surface area contributed by atoms with Crippen molar-refractivity contribution in [1.29, 1.82) is 0 Å². The Morgan fingerprint density at radius 1 is 1.47 bits per heavy atom. The van der Waals surface area contributed by atoms with Crippen molar-refractivity contribution in [2.75, 3.05) is 20.3 Å². The molecule has 17 heavy (non-hydrogen) atoms. The van der Waals surface area contributed by atoms with E-state index in [4.69, 9.17) is 10.5 Å². The van der Waals surface area contributed by atoms with Crippen LogP contribution in [0.25, 0.3) is 0 Å². The van der Waals surface area contributed by atoms with Crippen LogP contribution in [-0.4, -0.2) is 35.0 Å². The molecule has 0 aromatic carbocycles. The van der Waals surface area contributed by atoms with Crippen molar-refractivity contribution in [3.05, 3.63) is 12.2 Å². The number of hydrogen-bond donors (Lipinski definition) is 1. The van der Waals surface area contributed by atoms with Crippen LogP contribution in [0.2, 0.25) is 0 Å². The van der Waals surface area contributed by atoms with Crippen molar-refractivity contribution in [2.24, 2.45) is 11.1 Å². The zero-order valence-corrected chi connectivity index (χ0v) is 11.3. The van der Waals surface area contributed by atoms with Crippen LogP contribution in [-0.2, 0) is 11.3 Å². The first kappa shape index (κ1) is 14.1. The fourth-order valence-electron chi connectivity index (χ4n) is 1.96. The third-order valence-corrected chi connectivity index (χ3v) is 2.69. The molecule has 0 saturated carbocycles. The van der Waals surface area contributed by atoms with Gasteiger partial charge < -0.3 is 15.0 Å². The second-order valence-corrected chi connectivity index (χ2v) is 5.57. The Bertz CT molecular complexity index is 329. The highest BCUT2D eigenvalue weighted by Gasteiger charge is 2.23. The lowest BCUT2D eigenvalue weighted by Crippen LogP contribution is -2.23. The van der Waals surface area contributed by atoms with Crippen molar-refractivity contribution in [3.8, 4) is 0 Å². The Morgan fingerprint density at radius 3 is 2.71 bits per heavy atom. The monoisotopic (exact) mass is 240 g/mol. The molecule has 0 fully saturated rings. The minimum atomic E-state index is 0.238. The number of hydrogen-bond acceptors (Lipinski definition) is 4. The summed E-state index contributed by atoms with van der Waals surface area (Å²) >= 11 is 0. The Hall–Kier alpha value is -0.940. The van der Waals surface area contributed by atoms with Gasteiger partial charge >= 0.3 is 0 Å². The summed E-state index contributed by atoms with van der Waals surface area (Å²) in [7, 11) is 1.69. The normalized spacial score (nSPS) is 13.9. The standard InChI is InChI=1S/C12H24N4O/c1-12(2,3)7-10(8-13)11-15-14-9-16(11)5-6-17-4/h9-10H,5-8,13H2,1-4H3.